The Balaban J connectivity index is 1.33. The second kappa shape index (κ2) is 8.29. The molecule has 1 aromatic heterocycles. The van der Waals surface area contributed by atoms with Crippen molar-refractivity contribution in [1.29, 1.82) is 0 Å². The van der Waals surface area contributed by atoms with Crippen LogP contribution in [-0.2, 0) is 11.0 Å². The van der Waals surface area contributed by atoms with E-state index in [9.17, 15) is 22.8 Å². The lowest BCUT2D eigenvalue weighted by atomic mass is 9.99. The number of aromatic amines is 1. The van der Waals surface area contributed by atoms with Crippen molar-refractivity contribution >= 4 is 28.3 Å². The first kappa shape index (κ1) is 20.7. The number of para-hydroxylation sites is 1. The number of fused-ring (bicyclic) bond motifs is 1. The first-order valence-corrected chi connectivity index (χ1v) is 9.81. The molecule has 0 radical (unpaired) electrons. The summed E-state index contributed by atoms with van der Waals surface area (Å²) in [5.41, 5.74) is 2.59. The number of rotatable bonds is 4. The fourth-order valence-electron chi connectivity index (χ4n) is 3.66. The number of aromatic nitrogens is 1. The second-order valence-corrected chi connectivity index (χ2v) is 7.32. The Bertz CT molecular complexity index is 1150. The van der Waals surface area contributed by atoms with Crippen LogP contribution in [0.25, 0.3) is 16.5 Å². The highest BCUT2D eigenvalue weighted by Gasteiger charge is 2.30. The number of hydrogen-bond acceptors (Lipinski definition) is 2. The van der Waals surface area contributed by atoms with E-state index in [1.54, 1.807) is 4.90 Å². The number of carbonyl (C=O) groups is 2. The second-order valence-electron chi connectivity index (χ2n) is 7.32. The molecule has 0 saturated heterocycles. The normalized spacial score (nSPS) is 14.4. The molecule has 0 aliphatic carbocycles. The Morgan fingerprint density at radius 2 is 1.81 bits per heavy atom. The van der Waals surface area contributed by atoms with Gasteiger partial charge in [-0.2, -0.15) is 13.2 Å². The van der Waals surface area contributed by atoms with Crippen LogP contribution >= 0.6 is 0 Å². The molecule has 1 aliphatic heterocycles. The lowest BCUT2D eigenvalue weighted by Gasteiger charge is -2.26. The Labute approximate surface area is 176 Å². The van der Waals surface area contributed by atoms with E-state index in [4.69, 9.17) is 0 Å². The van der Waals surface area contributed by atoms with Gasteiger partial charge in [-0.25, -0.2) is 0 Å². The van der Waals surface area contributed by atoms with Gasteiger partial charge >= 0.3 is 6.18 Å². The minimum absolute atomic E-state index is 0.0703. The Hall–Kier alpha value is -3.55. The van der Waals surface area contributed by atoms with E-state index in [1.165, 1.54) is 0 Å². The average molecular weight is 427 g/mol. The zero-order valence-electron chi connectivity index (χ0n) is 16.5. The van der Waals surface area contributed by atoms with Gasteiger partial charge in [0.05, 0.1) is 12.1 Å². The summed E-state index contributed by atoms with van der Waals surface area (Å²) < 4.78 is 37.9. The summed E-state index contributed by atoms with van der Waals surface area (Å²) in [6.07, 6.45) is 0.214. The number of halogens is 3. The minimum Gasteiger partial charge on any atom is -0.361 e. The Morgan fingerprint density at radius 3 is 2.48 bits per heavy atom. The standard InChI is InChI=1S/C23H20F3N3O2/c24-23(25,26)17-7-5-16(6-8-17)22(31)28-14-21(30)29-11-9-15(10-12-29)19-13-27-20-4-2-1-3-18(19)20/h1-9,13,27H,10-12,14H2,(H,28,31). The zero-order valence-corrected chi connectivity index (χ0v) is 16.5. The van der Waals surface area contributed by atoms with Crippen molar-refractivity contribution in [2.75, 3.05) is 19.6 Å². The number of H-pyrrole nitrogens is 1. The van der Waals surface area contributed by atoms with Crippen LogP contribution in [0.1, 0.15) is 27.9 Å². The van der Waals surface area contributed by atoms with E-state index in [0.717, 1.165) is 46.3 Å². The fraction of sp³-hybridized carbons (Fsp3) is 0.217. The SMILES string of the molecule is O=C(NCC(=O)N1CC=C(c2c[nH]c3ccccc23)CC1)c1ccc(C(F)(F)F)cc1. The van der Waals surface area contributed by atoms with Crippen LogP contribution in [0.3, 0.4) is 0 Å². The largest absolute Gasteiger partial charge is 0.416 e. The van der Waals surface area contributed by atoms with Gasteiger partial charge in [-0.1, -0.05) is 24.3 Å². The fourth-order valence-corrected chi connectivity index (χ4v) is 3.66. The molecule has 0 bridgehead atoms. The topological polar surface area (TPSA) is 65.2 Å². The van der Waals surface area contributed by atoms with Crippen LogP contribution < -0.4 is 5.32 Å². The summed E-state index contributed by atoms with van der Waals surface area (Å²) in [7, 11) is 0. The molecule has 0 fully saturated rings. The lowest BCUT2D eigenvalue weighted by molar-refractivity contribution is -0.137. The quantitative estimate of drug-likeness (QED) is 0.655. The molecule has 3 aromatic rings. The predicted molar refractivity (Wildman–Crippen MR) is 111 cm³/mol. The van der Waals surface area contributed by atoms with Gasteiger partial charge in [0.15, 0.2) is 0 Å². The summed E-state index contributed by atoms with van der Waals surface area (Å²) in [6.45, 7) is 0.750. The molecule has 31 heavy (non-hydrogen) atoms. The Morgan fingerprint density at radius 1 is 1.06 bits per heavy atom. The highest BCUT2D eigenvalue weighted by molar-refractivity contribution is 5.97. The number of nitrogens with one attached hydrogen (secondary N) is 2. The smallest absolute Gasteiger partial charge is 0.361 e. The van der Waals surface area contributed by atoms with Crippen molar-refractivity contribution < 1.29 is 22.8 Å². The third-order valence-corrected chi connectivity index (χ3v) is 5.37. The first-order chi connectivity index (χ1) is 14.8. The maximum atomic E-state index is 12.6. The molecular formula is C23H20F3N3O2. The van der Waals surface area contributed by atoms with Gasteiger partial charge < -0.3 is 15.2 Å². The van der Waals surface area contributed by atoms with Crippen LogP contribution in [0.4, 0.5) is 13.2 Å². The predicted octanol–water partition coefficient (Wildman–Crippen LogP) is 4.23. The summed E-state index contributed by atoms with van der Waals surface area (Å²) in [5.74, 6) is -0.830. The summed E-state index contributed by atoms with van der Waals surface area (Å²) in [5, 5.41) is 3.62. The molecule has 8 heteroatoms. The van der Waals surface area contributed by atoms with Crippen molar-refractivity contribution in [2.45, 2.75) is 12.6 Å². The van der Waals surface area contributed by atoms with Gasteiger partial charge in [0.1, 0.15) is 0 Å². The number of carbonyl (C=O) groups excluding carboxylic acids is 2. The van der Waals surface area contributed by atoms with Gasteiger partial charge in [0.2, 0.25) is 5.91 Å². The van der Waals surface area contributed by atoms with Crippen molar-refractivity contribution in [3.05, 3.63) is 77.5 Å². The Kier molecular flexibility index (Phi) is 5.54. The molecule has 160 valence electrons. The molecule has 4 rings (SSSR count). The number of alkyl halides is 3. The minimum atomic E-state index is -4.46. The zero-order chi connectivity index (χ0) is 22.0. The number of nitrogens with zero attached hydrogens (tertiary/aromatic N) is 1. The summed E-state index contributed by atoms with van der Waals surface area (Å²) in [4.78, 5) is 29.5. The van der Waals surface area contributed by atoms with Gasteiger partial charge in [-0.05, 0) is 42.3 Å². The maximum absolute atomic E-state index is 12.6. The molecule has 2 amide bonds. The van der Waals surface area contributed by atoms with Gasteiger partial charge in [0, 0.05) is 41.3 Å². The van der Waals surface area contributed by atoms with Crippen molar-refractivity contribution in [2.24, 2.45) is 0 Å². The van der Waals surface area contributed by atoms with E-state index < -0.39 is 17.6 Å². The third-order valence-electron chi connectivity index (χ3n) is 5.37. The van der Waals surface area contributed by atoms with E-state index in [1.807, 2.05) is 30.5 Å². The molecule has 0 atom stereocenters. The number of hydrogen-bond donors (Lipinski definition) is 2. The highest BCUT2D eigenvalue weighted by Crippen LogP contribution is 2.30. The van der Waals surface area contributed by atoms with Crippen LogP contribution in [0, 0.1) is 0 Å². The van der Waals surface area contributed by atoms with E-state index >= 15 is 0 Å². The van der Waals surface area contributed by atoms with Crippen molar-refractivity contribution in [1.82, 2.24) is 15.2 Å². The van der Waals surface area contributed by atoms with Crippen LogP contribution in [-0.4, -0.2) is 41.3 Å². The number of amides is 2. The first-order valence-electron chi connectivity index (χ1n) is 9.81. The van der Waals surface area contributed by atoms with Gasteiger partial charge in [0.25, 0.3) is 5.91 Å². The maximum Gasteiger partial charge on any atom is 0.416 e. The molecule has 2 N–H and O–H groups in total. The van der Waals surface area contributed by atoms with Crippen molar-refractivity contribution in [3.63, 3.8) is 0 Å². The highest BCUT2D eigenvalue weighted by atomic mass is 19.4. The average Bonchev–Trinajstić information content (AvgIpc) is 3.21. The molecule has 2 aromatic carbocycles. The van der Waals surface area contributed by atoms with Gasteiger partial charge in [-0.3, -0.25) is 9.59 Å². The molecule has 1 aliphatic rings. The van der Waals surface area contributed by atoms with Gasteiger partial charge in [-0.15, -0.1) is 0 Å². The van der Waals surface area contributed by atoms with Crippen LogP contribution in [0.2, 0.25) is 0 Å². The molecule has 0 saturated carbocycles. The summed E-state index contributed by atoms with van der Waals surface area (Å²) >= 11 is 0. The molecular weight excluding hydrogens is 407 g/mol. The van der Waals surface area contributed by atoms with Crippen molar-refractivity contribution in [3.8, 4) is 0 Å². The molecule has 5 nitrogen and oxygen atoms in total. The monoisotopic (exact) mass is 427 g/mol. The third kappa shape index (κ3) is 4.47. The number of benzene rings is 2. The van der Waals surface area contributed by atoms with E-state index in [2.05, 4.69) is 16.4 Å². The van der Waals surface area contributed by atoms with Crippen LogP contribution in [0.5, 0.6) is 0 Å². The van der Waals surface area contributed by atoms with E-state index in [0.29, 0.717) is 19.5 Å². The molecule has 2 heterocycles. The lowest BCUT2D eigenvalue weighted by Crippen LogP contribution is -2.42. The molecule has 0 unspecified atom stereocenters. The molecule has 0 spiro atoms. The van der Waals surface area contributed by atoms with E-state index in [-0.39, 0.29) is 18.0 Å². The summed E-state index contributed by atoms with van der Waals surface area (Å²) in [6, 6.07) is 11.9. The van der Waals surface area contributed by atoms with Crippen LogP contribution in [0.15, 0.2) is 60.8 Å².